The molecule has 2 aromatic heterocycles. The highest BCUT2D eigenvalue weighted by Gasteiger charge is 2.14. The Morgan fingerprint density at radius 1 is 1.17 bits per heavy atom. The first kappa shape index (κ1) is 21.2. The lowest BCUT2D eigenvalue weighted by Crippen LogP contribution is -2.24. The van der Waals surface area contributed by atoms with E-state index in [9.17, 15) is 14.4 Å². The minimum absolute atomic E-state index is 0.0249. The lowest BCUT2D eigenvalue weighted by atomic mass is 9.87. The second-order valence-corrected chi connectivity index (χ2v) is 8.03. The zero-order valence-electron chi connectivity index (χ0n) is 17.5. The minimum atomic E-state index is -0.577. The molecule has 9 heteroatoms. The summed E-state index contributed by atoms with van der Waals surface area (Å²) in [7, 11) is 1.69. The van der Waals surface area contributed by atoms with Crippen molar-refractivity contribution in [2.75, 3.05) is 11.9 Å². The highest BCUT2D eigenvalue weighted by molar-refractivity contribution is 5.92. The molecule has 0 saturated carbocycles. The SMILES string of the molecule is Cn1ncc2c(=O)n(CCC(=O)OCC(=O)Nc3ccc(C(C)(C)C)cc3)cnc21. The van der Waals surface area contributed by atoms with Crippen molar-refractivity contribution in [1.29, 1.82) is 0 Å². The lowest BCUT2D eigenvalue weighted by molar-refractivity contribution is -0.147. The number of aryl methyl sites for hydroxylation is 2. The summed E-state index contributed by atoms with van der Waals surface area (Å²) in [5.74, 6) is -1.01. The Morgan fingerprint density at radius 2 is 1.87 bits per heavy atom. The summed E-state index contributed by atoms with van der Waals surface area (Å²) in [4.78, 5) is 40.5. The molecule has 0 saturated heterocycles. The van der Waals surface area contributed by atoms with Crippen LogP contribution in [-0.4, -0.2) is 37.8 Å². The van der Waals surface area contributed by atoms with Gasteiger partial charge in [-0.15, -0.1) is 0 Å². The van der Waals surface area contributed by atoms with E-state index >= 15 is 0 Å². The van der Waals surface area contributed by atoms with Crippen LogP contribution in [0.2, 0.25) is 0 Å². The van der Waals surface area contributed by atoms with Gasteiger partial charge in [-0.2, -0.15) is 5.10 Å². The first-order valence-corrected chi connectivity index (χ1v) is 9.58. The van der Waals surface area contributed by atoms with Crippen molar-refractivity contribution >= 4 is 28.6 Å². The van der Waals surface area contributed by atoms with E-state index in [0.717, 1.165) is 5.56 Å². The molecule has 30 heavy (non-hydrogen) atoms. The highest BCUT2D eigenvalue weighted by atomic mass is 16.5. The standard InChI is InChI=1S/C21H25N5O4/c1-21(2,3)14-5-7-15(8-6-14)24-17(27)12-30-18(28)9-10-26-13-22-19-16(20(26)29)11-23-25(19)4/h5-8,11,13H,9-10,12H2,1-4H3,(H,24,27). The Hall–Kier alpha value is -3.49. The molecule has 0 aliphatic rings. The predicted molar refractivity (Wildman–Crippen MR) is 112 cm³/mol. The summed E-state index contributed by atoms with van der Waals surface area (Å²) in [6, 6.07) is 7.53. The zero-order valence-corrected chi connectivity index (χ0v) is 17.5. The average molecular weight is 411 g/mol. The molecule has 0 aliphatic carbocycles. The topological polar surface area (TPSA) is 108 Å². The van der Waals surface area contributed by atoms with Crippen LogP contribution in [0, 0.1) is 0 Å². The molecule has 2 heterocycles. The molecule has 158 valence electrons. The number of nitrogens with zero attached hydrogens (tertiary/aromatic N) is 4. The van der Waals surface area contributed by atoms with Crippen LogP contribution in [0.25, 0.3) is 11.0 Å². The van der Waals surface area contributed by atoms with Crippen LogP contribution in [0.3, 0.4) is 0 Å². The Kier molecular flexibility index (Phi) is 6.00. The molecule has 3 aromatic rings. The van der Waals surface area contributed by atoms with Crippen molar-refractivity contribution in [2.24, 2.45) is 7.05 Å². The monoisotopic (exact) mass is 411 g/mol. The summed E-state index contributed by atoms with van der Waals surface area (Å²) >= 11 is 0. The number of esters is 1. The predicted octanol–water partition coefficient (Wildman–Crippen LogP) is 2.00. The molecular formula is C21H25N5O4. The Labute approximate surface area is 173 Å². The molecule has 9 nitrogen and oxygen atoms in total. The van der Waals surface area contributed by atoms with Crippen LogP contribution in [0.1, 0.15) is 32.8 Å². The van der Waals surface area contributed by atoms with Crippen molar-refractivity contribution in [3.8, 4) is 0 Å². The molecule has 1 N–H and O–H groups in total. The molecule has 0 radical (unpaired) electrons. The largest absolute Gasteiger partial charge is 0.456 e. The molecule has 0 unspecified atom stereocenters. The van der Waals surface area contributed by atoms with Gasteiger partial charge in [0.05, 0.1) is 18.9 Å². The van der Waals surface area contributed by atoms with Crippen molar-refractivity contribution < 1.29 is 14.3 Å². The molecule has 0 atom stereocenters. The molecule has 0 aliphatic heterocycles. The van der Waals surface area contributed by atoms with Gasteiger partial charge in [-0.1, -0.05) is 32.9 Å². The number of fused-ring (bicyclic) bond motifs is 1. The number of ether oxygens (including phenoxy) is 1. The number of hydrogen-bond donors (Lipinski definition) is 1. The molecule has 3 rings (SSSR count). The van der Waals surface area contributed by atoms with Crippen LogP contribution in [-0.2, 0) is 33.3 Å². The van der Waals surface area contributed by atoms with E-state index < -0.39 is 18.5 Å². The van der Waals surface area contributed by atoms with E-state index in [1.54, 1.807) is 7.05 Å². The smallest absolute Gasteiger partial charge is 0.308 e. The van der Waals surface area contributed by atoms with Crippen molar-refractivity contribution in [2.45, 2.75) is 39.2 Å². The number of nitrogens with one attached hydrogen (secondary N) is 1. The second-order valence-electron chi connectivity index (χ2n) is 8.03. The fourth-order valence-electron chi connectivity index (χ4n) is 2.91. The zero-order chi connectivity index (χ0) is 21.9. The van der Waals surface area contributed by atoms with Crippen LogP contribution >= 0.6 is 0 Å². The van der Waals surface area contributed by atoms with Gasteiger partial charge in [-0.3, -0.25) is 23.6 Å². The van der Waals surface area contributed by atoms with Gasteiger partial charge < -0.3 is 10.1 Å². The number of rotatable bonds is 6. The number of aromatic nitrogens is 4. The molecule has 1 aromatic carbocycles. The summed E-state index contributed by atoms with van der Waals surface area (Å²) in [6.45, 7) is 6.04. The number of amides is 1. The second kappa shape index (κ2) is 8.48. The molecule has 0 spiro atoms. The highest BCUT2D eigenvalue weighted by Crippen LogP contribution is 2.23. The van der Waals surface area contributed by atoms with Gasteiger partial charge in [0.1, 0.15) is 5.39 Å². The maximum atomic E-state index is 12.4. The van der Waals surface area contributed by atoms with Gasteiger partial charge in [0, 0.05) is 19.3 Å². The third-order valence-electron chi connectivity index (χ3n) is 4.67. The summed E-state index contributed by atoms with van der Waals surface area (Å²) in [5, 5.41) is 7.07. The number of carbonyl (C=O) groups excluding carboxylic acids is 2. The molecule has 0 bridgehead atoms. The van der Waals surface area contributed by atoms with Crippen LogP contribution in [0.15, 0.2) is 41.6 Å². The summed E-state index contributed by atoms with van der Waals surface area (Å²) in [6.07, 6.45) is 2.76. The maximum absolute atomic E-state index is 12.4. The van der Waals surface area contributed by atoms with Gasteiger partial charge in [-0.05, 0) is 23.1 Å². The fourth-order valence-corrected chi connectivity index (χ4v) is 2.91. The van der Waals surface area contributed by atoms with Gasteiger partial charge in [0.2, 0.25) is 0 Å². The lowest BCUT2D eigenvalue weighted by Gasteiger charge is -2.19. The van der Waals surface area contributed by atoms with Crippen LogP contribution in [0.5, 0.6) is 0 Å². The summed E-state index contributed by atoms with van der Waals surface area (Å²) < 4.78 is 7.83. The third-order valence-corrected chi connectivity index (χ3v) is 4.67. The molecule has 0 fully saturated rings. The normalized spacial score (nSPS) is 11.5. The fraction of sp³-hybridized carbons (Fsp3) is 0.381. The van der Waals surface area contributed by atoms with E-state index in [0.29, 0.717) is 16.7 Å². The van der Waals surface area contributed by atoms with Crippen molar-refractivity contribution in [3.63, 3.8) is 0 Å². The summed E-state index contributed by atoms with van der Waals surface area (Å²) in [5.41, 5.74) is 2.01. The minimum Gasteiger partial charge on any atom is -0.456 e. The van der Waals surface area contributed by atoms with Crippen molar-refractivity contribution in [3.05, 3.63) is 52.7 Å². The average Bonchev–Trinajstić information content (AvgIpc) is 3.07. The Morgan fingerprint density at radius 3 is 2.53 bits per heavy atom. The van der Waals surface area contributed by atoms with Gasteiger partial charge in [0.25, 0.3) is 11.5 Å². The van der Waals surface area contributed by atoms with Crippen molar-refractivity contribution in [1.82, 2.24) is 19.3 Å². The van der Waals surface area contributed by atoms with Crippen LogP contribution < -0.4 is 10.9 Å². The molecular weight excluding hydrogens is 386 g/mol. The number of anilines is 1. The van der Waals surface area contributed by atoms with E-state index in [1.165, 1.54) is 21.8 Å². The van der Waals surface area contributed by atoms with E-state index in [4.69, 9.17) is 4.74 Å². The maximum Gasteiger partial charge on any atom is 0.308 e. The van der Waals surface area contributed by atoms with Gasteiger partial charge in [-0.25, -0.2) is 4.98 Å². The Balaban J connectivity index is 1.48. The molecule has 1 amide bonds. The van der Waals surface area contributed by atoms with E-state index in [1.807, 2.05) is 24.3 Å². The number of carbonyl (C=O) groups is 2. The van der Waals surface area contributed by atoms with E-state index in [-0.39, 0.29) is 23.9 Å². The number of benzene rings is 1. The van der Waals surface area contributed by atoms with Gasteiger partial charge in [0.15, 0.2) is 12.3 Å². The number of hydrogen-bond acceptors (Lipinski definition) is 6. The Bertz CT molecular complexity index is 1120. The van der Waals surface area contributed by atoms with Gasteiger partial charge >= 0.3 is 5.97 Å². The first-order valence-electron chi connectivity index (χ1n) is 9.58. The third kappa shape index (κ3) is 4.91. The first-order chi connectivity index (χ1) is 14.1. The van der Waals surface area contributed by atoms with Crippen LogP contribution in [0.4, 0.5) is 5.69 Å². The quantitative estimate of drug-likeness (QED) is 0.622. The van der Waals surface area contributed by atoms with E-state index in [2.05, 4.69) is 36.2 Å².